The van der Waals surface area contributed by atoms with Gasteiger partial charge in [-0.15, -0.1) is 0 Å². The lowest BCUT2D eigenvalue weighted by atomic mass is 9.95. The minimum absolute atomic E-state index is 0.127. The van der Waals surface area contributed by atoms with Crippen LogP contribution in [-0.2, 0) is 16.0 Å². The lowest BCUT2D eigenvalue weighted by Crippen LogP contribution is -2.35. The van der Waals surface area contributed by atoms with Crippen LogP contribution in [0.2, 0.25) is 0 Å². The summed E-state index contributed by atoms with van der Waals surface area (Å²) < 4.78 is 4.98. The molecule has 0 heterocycles. The zero-order valence-corrected chi connectivity index (χ0v) is 16.2. The third kappa shape index (κ3) is 5.39. The summed E-state index contributed by atoms with van der Waals surface area (Å²) >= 11 is 0. The van der Waals surface area contributed by atoms with Crippen molar-refractivity contribution in [3.63, 3.8) is 0 Å². The normalized spacial score (nSPS) is 11.7. The Morgan fingerprint density at radius 3 is 2.32 bits per heavy atom. The van der Waals surface area contributed by atoms with Gasteiger partial charge in [-0.25, -0.2) is 4.79 Å². The monoisotopic (exact) mass is 384 g/mol. The van der Waals surface area contributed by atoms with Crippen molar-refractivity contribution in [3.05, 3.63) is 75.3 Å². The van der Waals surface area contributed by atoms with Gasteiger partial charge in [-0.2, -0.15) is 0 Å². The van der Waals surface area contributed by atoms with Crippen molar-refractivity contribution in [2.45, 2.75) is 33.2 Å². The Hall–Kier alpha value is -3.22. The first-order valence-electron chi connectivity index (χ1n) is 9.12. The van der Waals surface area contributed by atoms with Gasteiger partial charge in [-0.05, 0) is 29.5 Å². The maximum absolute atomic E-state index is 12.3. The number of carbonyl (C=O) groups excluding carboxylic acids is 2. The molecule has 2 aromatic rings. The smallest absolute Gasteiger partial charge is 0.345 e. The first-order valence-corrected chi connectivity index (χ1v) is 9.12. The van der Waals surface area contributed by atoms with Gasteiger partial charge in [0.2, 0.25) is 0 Å². The van der Waals surface area contributed by atoms with E-state index in [4.69, 9.17) is 4.74 Å². The van der Waals surface area contributed by atoms with Gasteiger partial charge in [0.05, 0.1) is 11.0 Å². The van der Waals surface area contributed by atoms with Crippen LogP contribution in [0.25, 0.3) is 0 Å². The van der Waals surface area contributed by atoms with E-state index in [2.05, 4.69) is 12.2 Å². The van der Waals surface area contributed by atoms with Crippen LogP contribution < -0.4 is 5.32 Å². The molecule has 0 aliphatic rings. The number of nitrogens with one attached hydrogen (secondary N) is 1. The molecule has 0 aliphatic carbocycles. The number of para-hydroxylation sites is 1. The minimum atomic E-state index is -0.907. The number of nitro groups is 1. The Bertz CT molecular complexity index is 846. The second-order valence-corrected chi connectivity index (χ2v) is 6.73. The Kier molecular flexibility index (Phi) is 7.26. The Morgan fingerprint density at radius 2 is 1.75 bits per heavy atom. The fourth-order valence-electron chi connectivity index (χ4n) is 2.82. The SMILES string of the molecule is CCc1ccc([C@H](NC(=O)COC(=O)c2ccccc2[N+](=O)[O-])C(C)C)cc1. The summed E-state index contributed by atoms with van der Waals surface area (Å²) in [5.74, 6) is -1.25. The van der Waals surface area contributed by atoms with Crippen LogP contribution in [0.15, 0.2) is 48.5 Å². The molecule has 0 aliphatic heterocycles. The predicted molar refractivity (Wildman–Crippen MR) is 105 cm³/mol. The molecule has 0 saturated carbocycles. The van der Waals surface area contributed by atoms with Crippen molar-refractivity contribution in [2.24, 2.45) is 5.92 Å². The highest BCUT2D eigenvalue weighted by Gasteiger charge is 2.23. The third-order valence-corrected chi connectivity index (χ3v) is 4.39. The van der Waals surface area contributed by atoms with Gasteiger partial charge in [-0.3, -0.25) is 14.9 Å². The summed E-state index contributed by atoms with van der Waals surface area (Å²) in [5, 5.41) is 13.9. The van der Waals surface area contributed by atoms with Gasteiger partial charge < -0.3 is 10.1 Å². The average molecular weight is 384 g/mol. The second-order valence-electron chi connectivity index (χ2n) is 6.73. The molecule has 1 amide bonds. The molecule has 0 fully saturated rings. The molecule has 7 heteroatoms. The largest absolute Gasteiger partial charge is 0.452 e. The number of esters is 1. The number of rotatable bonds is 8. The van der Waals surface area contributed by atoms with Crippen molar-refractivity contribution < 1.29 is 19.2 Å². The topological polar surface area (TPSA) is 98.5 Å². The molecule has 148 valence electrons. The maximum Gasteiger partial charge on any atom is 0.345 e. The summed E-state index contributed by atoms with van der Waals surface area (Å²) in [5.41, 5.74) is 1.63. The van der Waals surface area contributed by atoms with Crippen molar-refractivity contribution in [1.82, 2.24) is 5.32 Å². The molecule has 0 radical (unpaired) electrons. The first-order chi connectivity index (χ1) is 13.3. The Morgan fingerprint density at radius 1 is 1.11 bits per heavy atom. The molecular formula is C21H24N2O5. The van der Waals surface area contributed by atoms with E-state index in [1.807, 2.05) is 38.1 Å². The van der Waals surface area contributed by atoms with Gasteiger partial charge in [-0.1, -0.05) is 57.2 Å². The molecule has 2 rings (SSSR count). The number of hydrogen-bond donors (Lipinski definition) is 1. The van der Waals surface area contributed by atoms with Gasteiger partial charge in [0.1, 0.15) is 5.56 Å². The molecule has 0 aromatic heterocycles. The summed E-state index contributed by atoms with van der Waals surface area (Å²) in [7, 11) is 0. The minimum Gasteiger partial charge on any atom is -0.452 e. The fourth-order valence-corrected chi connectivity index (χ4v) is 2.82. The number of aryl methyl sites for hydroxylation is 1. The van der Waals surface area contributed by atoms with Crippen LogP contribution in [0.5, 0.6) is 0 Å². The highest BCUT2D eigenvalue weighted by Crippen LogP contribution is 2.22. The standard InChI is InChI=1S/C21H24N2O5/c1-4-15-9-11-16(12-10-15)20(14(2)3)22-19(24)13-28-21(25)17-7-5-6-8-18(17)23(26)27/h5-12,14,20H,4,13H2,1-3H3,(H,22,24)/t20-/m1/s1. The summed E-state index contributed by atoms with van der Waals surface area (Å²) in [6.45, 7) is 5.53. The van der Waals surface area contributed by atoms with E-state index in [1.54, 1.807) is 0 Å². The zero-order valence-electron chi connectivity index (χ0n) is 16.2. The molecule has 0 spiro atoms. The summed E-state index contributed by atoms with van der Waals surface area (Å²) in [4.78, 5) is 34.8. The van der Waals surface area contributed by atoms with E-state index in [0.717, 1.165) is 12.0 Å². The third-order valence-electron chi connectivity index (χ3n) is 4.39. The van der Waals surface area contributed by atoms with Gasteiger partial charge in [0.15, 0.2) is 6.61 Å². The maximum atomic E-state index is 12.3. The lowest BCUT2D eigenvalue weighted by Gasteiger charge is -2.23. The van der Waals surface area contributed by atoms with Crippen molar-refractivity contribution in [3.8, 4) is 0 Å². The van der Waals surface area contributed by atoms with Crippen LogP contribution >= 0.6 is 0 Å². The molecule has 0 unspecified atom stereocenters. The van der Waals surface area contributed by atoms with E-state index in [9.17, 15) is 19.7 Å². The number of hydrogen-bond acceptors (Lipinski definition) is 5. The van der Waals surface area contributed by atoms with Crippen molar-refractivity contribution >= 4 is 17.6 Å². The molecular weight excluding hydrogens is 360 g/mol. The first kappa shape index (κ1) is 21.1. The van der Waals surface area contributed by atoms with Crippen LogP contribution in [-0.4, -0.2) is 23.4 Å². The van der Waals surface area contributed by atoms with Crippen LogP contribution in [0, 0.1) is 16.0 Å². The van der Waals surface area contributed by atoms with Crippen LogP contribution in [0.1, 0.15) is 48.3 Å². The number of nitrogens with zero attached hydrogens (tertiary/aromatic N) is 1. The van der Waals surface area contributed by atoms with Crippen LogP contribution in [0.3, 0.4) is 0 Å². The lowest BCUT2D eigenvalue weighted by molar-refractivity contribution is -0.385. The molecule has 7 nitrogen and oxygen atoms in total. The van der Waals surface area contributed by atoms with Gasteiger partial charge in [0, 0.05) is 6.07 Å². The Balaban J connectivity index is 2.01. The van der Waals surface area contributed by atoms with Crippen molar-refractivity contribution in [1.29, 1.82) is 0 Å². The average Bonchev–Trinajstić information content (AvgIpc) is 2.70. The number of amides is 1. The van der Waals surface area contributed by atoms with Crippen molar-refractivity contribution in [2.75, 3.05) is 6.61 Å². The van der Waals surface area contributed by atoms with Gasteiger partial charge in [0.25, 0.3) is 11.6 Å². The number of nitro benzene ring substituents is 1. The molecule has 28 heavy (non-hydrogen) atoms. The van der Waals surface area contributed by atoms with Crippen LogP contribution in [0.4, 0.5) is 5.69 Å². The predicted octanol–water partition coefficient (Wildman–Crippen LogP) is 3.83. The van der Waals surface area contributed by atoms with E-state index in [-0.39, 0.29) is 23.2 Å². The number of ether oxygens (including phenoxy) is 1. The quantitative estimate of drug-likeness (QED) is 0.424. The molecule has 0 saturated heterocycles. The highest BCUT2D eigenvalue weighted by atomic mass is 16.6. The van der Waals surface area contributed by atoms with E-state index >= 15 is 0 Å². The summed E-state index contributed by atoms with van der Waals surface area (Å²) in [6, 6.07) is 13.2. The molecule has 0 bridgehead atoms. The fraction of sp³-hybridized carbons (Fsp3) is 0.333. The second kappa shape index (κ2) is 9.64. The van der Waals surface area contributed by atoms with E-state index in [1.165, 1.54) is 29.8 Å². The highest BCUT2D eigenvalue weighted by molar-refractivity contribution is 5.95. The molecule has 2 aromatic carbocycles. The molecule has 1 atom stereocenters. The summed E-state index contributed by atoms with van der Waals surface area (Å²) in [6.07, 6.45) is 0.931. The number of benzene rings is 2. The number of carbonyl (C=O) groups is 2. The van der Waals surface area contributed by atoms with E-state index in [0.29, 0.717) is 0 Å². The Labute approximate surface area is 163 Å². The molecule has 1 N–H and O–H groups in total. The van der Waals surface area contributed by atoms with Gasteiger partial charge >= 0.3 is 5.97 Å². The zero-order chi connectivity index (χ0) is 20.7. The van der Waals surface area contributed by atoms with E-state index < -0.39 is 23.4 Å².